The van der Waals surface area contributed by atoms with Crippen LogP contribution in [0.15, 0.2) is 0 Å². The number of carboxylic acid groups (broad SMARTS) is 1. The molecule has 1 unspecified atom stereocenters. The van der Waals surface area contributed by atoms with E-state index in [1.54, 1.807) is 0 Å². The minimum absolute atomic E-state index is 0. The van der Waals surface area contributed by atoms with E-state index in [0.717, 1.165) is 19.3 Å². The molecule has 0 aliphatic heterocycles. The van der Waals surface area contributed by atoms with Crippen LogP contribution in [0.5, 0.6) is 0 Å². The fourth-order valence-corrected chi connectivity index (χ4v) is 2.39. The normalized spacial score (nSPS) is 11.4. The Hall–Kier alpha value is -0.430. The summed E-state index contributed by atoms with van der Waals surface area (Å²) in [6.07, 6.45) is 10.2. The summed E-state index contributed by atoms with van der Waals surface area (Å²) < 4.78 is 4.43. The van der Waals surface area contributed by atoms with Gasteiger partial charge in [-0.25, -0.2) is 0 Å². The van der Waals surface area contributed by atoms with Crippen LogP contribution >= 0.6 is 0 Å². The van der Waals surface area contributed by atoms with E-state index in [1.165, 1.54) is 44.9 Å². The van der Waals surface area contributed by atoms with Crippen molar-refractivity contribution in [2.75, 3.05) is 0 Å². The largest absolute Gasteiger partial charge is 1.00 e. The number of aliphatic hydroxyl groups excluding tert-OH is 1. The zero-order chi connectivity index (χ0) is 18.2. The van der Waals surface area contributed by atoms with Gasteiger partial charge >= 0.3 is 41.5 Å². The van der Waals surface area contributed by atoms with Crippen molar-refractivity contribution in [1.82, 2.24) is 0 Å². The second kappa shape index (κ2) is 18.4. The van der Waals surface area contributed by atoms with E-state index in [0.29, 0.717) is 6.42 Å². The zero-order valence-electron chi connectivity index (χ0n) is 15.8. The number of aliphatic carboxylic acids is 1. The van der Waals surface area contributed by atoms with Crippen LogP contribution in [0.4, 0.5) is 0 Å². The molecule has 0 aliphatic rings. The van der Waals surface area contributed by atoms with Gasteiger partial charge in [0, 0.05) is 6.42 Å². The molecule has 1 N–H and O–H groups in total. The van der Waals surface area contributed by atoms with Gasteiger partial charge in [-0.05, 0) is 6.42 Å². The van der Waals surface area contributed by atoms with Gasteiger partial charge in [-0.2, -0.15) is 0 Å². The summed E-state index contributed by atoms with van der Waals surface area (Å²) >= 11 is 0. The third-order valence-electron chi connectivity index (χ3n) is 3.84. The molecule has 0 aromatic carbocycles. The first-order chi connectivity index (χ1) is 11.5. The minimum atomic E-state index is -1.94. The number of aliphatic hydroxyl groups is 1. The SMILES string of the molecule is CCCCCCCCCCCCCC(=O)OC(=O)CC(O)C(=O)[O-].[Na+]. The van der Waals surface area contributed by atoms with E-state index in [1.807, 2.05) is 0 Å². The van der Waals surface area contributed by atoms with Crippen molar-refractivity contribution in [3.05, 3.63) is 0 Å². The van der Waals surface area contributed by atoms with E-state index in [4.69, 9.17) is 5.11 Å². The van der Waals surface area contributed by atoms with Gasteiger partial charge in [-0.3, -0.25) is 9.59 Å². The molecule has 0 radical (unpaired) electrons. The summed E-state index contributed by atoms with van der Waals surface area (Å²) in [6, 6.07) is 0. The summed E-state index contributed by atoms with van der Waals surface area (Å²) in [6.45, 7) is 2.21. The molecule has 140 valence electrons. The van der Waals surface area contributed by atoms with Crippen LogP contribution in [-0.4, -0.2) is 29.1 Å². The smallest absolute Gasteiger partial charge is 0.547 e. The second-order valence-electron chi connectivity index (χ2n) is 6.17. The molecule has 6 nitrogen and oxygen atoms in total. The van der Waals surface area contributed by atoms with Crippen molar-refractivity contribution in [3.8, 4) is 0 Å². The molecule has 0 fully saturated rings. The van der Waals surface area contributed by atoms with Gasteiger partial charge in [0.1, 0.15) is 6.10 Å². The Kier molecular flexibility index (Phi) is 19.7. The summed E-state index contributed by atoms with van der Waals surface area (Å²) in [5, 5.41) is 19.2. The molecular formula is C18H31NaO6. The third kappa shape index (κ3) is 18.2. The Bertz CT molecular complexity index is 373. The van der Waals surface area contributed by atoms with Crippen molar-refractivity contribution in [1.29, 1.82) is 0 Å². The Balaban J connectivity index is 0. The van der Waals surface area contributed by atoms with E-state index in [9.17, 15) is 19.5 Å². The fourth-order valence-electron chi connectivity index (χ4n) is 2.39. The Labute approximate surface area is 173 Å². The summed E-state index contributed by atoms with van der Waals surface area (Å²) in [5.74, 6) is -3.48. The van der Waals surface area contributed by atoms with Crippen molar-refractivity contribution >= 4 is 17.9 Å². The molecule has 0 rings (SSSR count). The predicted octanol–water partition coefficient (Wildman–Crippen LogP) is -0.738. The summed E-state index contributed by atoms with van der Waals surface area (Å²) in [7, 11) is 0. The van der Waals surface area contributed by atoms with Crippen LogP contribution in [0.1, 0.15) is 90.4 Å². The van der Waals surface area contributed by atoms with Crippen LogP contribution in [-0.2, 0) is 19.1 Å². The molecule has 7 heteroatoms. The summed E-state index contributed by atoms with van der Waals surface area (Å²) in [5.41, 5.74) is 0. The first-order valence-electron chi connectivity index (χ1n) is 9.09. The topological polar surface area (TPSA) is 104 Å². The standard InChI is InChI=1S/C18H32O6.Na/c1-2-3-4-5-6-7-8-9-10-11-12-13-16(20)24-17(21)14-15(19)18(22)23;/h15,19H,2-14H2,1H3,(H,22,23);/q;+1/p-1. The Morgan fingerprint density at radius 1 is 0.840 bits per heavy atom. The number of esters is 2. The van der Waals surface area contributed by atoms with Crippen LogP contribution in [0.25, 0.3) is 0 Å². The number of hydrogen-bond acceptors (Lipinski definition) is 6. The molecule has 0 aromatic heterocycles. The van der Waals surface area contributed by atoms with Gasteiger partial charge in [-0.1, -0.05) is 71.1 Å². The predicted molar refractivity (Wildman–Crippen MR) is 87.8 cm³/mol. The van der Waals surface area contributed by atoms with Gasteiger partial charge in [0.2, 0.25) is 0 Å². The quantitative estimate of drug-likeness (QED) is 0.177. The van der Waals surface area contributed by atoms with Crippen molar-refractivity contribution in [3.63, 3.8) is 0 Å². The average molecular weight is 366 g/mol. The Morgan fingerprint density at radius 3 is 1.72 bits per heavy atom. The van der Waals surface area contributed by atoms with Gasteiger partial charge in [0.25, 0.3) is 0 Å². The van der Waals surface area contributed by atoms with Crippen molar-refractivity contribution in [2.24, 2.45) is 0 Å². The number of carbonyl (C=O) groups is 3. The first kappa shape index (κ1) is 26.8. The molecule has 25 heavy (non-hydrogen) atoms. The third-order valence-corrected chi connectivity index (χ3v) is 3.84. The number of carboxylic acids is 1. The summed E-state index contributed by atoms with van der Waals surface area (Å²) in [4.78, 5) is 32.8. The molecule has 0 heterocycles. The van der Waals surface area contributed by atoms with E-state index >= 15 is 0 Å². The van der Waals surface area contributed by atoms with Crippen LogP contribution < -0.4 is 34.7 Å². The van der Waals surface area contributed by atoms with Gasteiger partial charge in [0.05, 0.1) is 12.4 Å². The van der Waals surface area contributed by atoms with Gasteiger partial charge in [0.15, 0.2) is 0 Å². The number of rotatable bonds is 15. The molecular weight excluding hydrogens is 335 g/mol. The average Bonchev–Trinajstić information content (AvgIpc) is 2.52. The van der Waals surface area contributed by atoms with E-state index < -0.39 is 30.4 Å². The number of carbonyl (C=O) groups excluding carboxylic acids is 3. The number of ether oxygens (including phenoxy) is 1. The first-order valence-corrected chi connectivity index (χ1v) is 9.09. The molecule has 0 spiro atoms. The maximum atomic E-state index is 11.4. The maximum absolute atomic E-state index is 11.4. The van der Waals surface area contributed by atoms with Gasteiger partial charge in [-0.15, -0.1) is 0 Å². The fraction of sp³-hybridized carbons (Fsp3) is 0.833. The molecule has 0 aliphatic carbocycles. The van der Waals surface area contributed by atoms with Gasteiger partial charge < -0.3 is 19.7 Å². The maximum Gasteiger partial charge on any atom is 1.00 e. The number of unbranched alkanes of at least 4 members (excludes halogenated alkanes) is 10. The molecule has 0 aromatic rings. The van der Waals surface area contributed by atoms with E-state index in [2.05, 4.69) is 11.7 Å². The van der Waals surface area contributed by atoms with Crippen molar-refractivity contribution in [2.45, 2.75) is 96.5 Å². The number of hydrogen-bond donors (Lipinski definition) is 1. The van der Waals surface area contributed by atoms with Crippen LogP contribution in [0.2, 0.25) is 0 Å². The molecule has 0 saturated carbocycles. The molecule has 0 amide bonds. The second-order valence-corrected chi connectivity index (χ2v) is 6.17. The minimum Gasteiger partial charge on any atom is -0.547 e. The van der Waals surface area contributed by atoms with E-state index in [-0.39, 0.29) is 36.0 Å². The van der Waals surface area contributed by atoms with Crippen LogP contribution in [0.3, 0.4) is 0 Å². The molecule has 1 atom stereocenters. The monoisotopic (exact) mass is 366 g/mol. The van der Waals surface area contributed by atoms with Crippen molar-refractivity contribution < 1.29 is 58.9 Å². The van der Waals surface area contributed by atoms with Crippen LogP contribution in [0, 0.1) is 0 Å². The molecule has 0 saturated heterocycles. The Morgan fingerprint density at radius 2 is 1.28 bits per heavy atom. The molecule has 0 bridgehead atoms. The zero-order valence-corrected chi connectivity index (χ0v) is 17.8.